The Kier molecular flexibility index (Phi) is 5.07. The van der Waals surface area contributed by atoms with Gasteiger partial charge < -0.3 is 10.1 Å². The minimum absolute atomic E-state index is 0.340. The van der Waals surface area contributed by atoms with Gasteiger partial charge in [0, 0.05) is 12.5 Å². The van der Waals surface area contributed by atoms with E-state index in [2.05, 4.69) is 47.8 Å². The van der Waals surface area contributed by atoms with E-state index in [1.165, 1.54) is 11.1 Å². The van der Waals surface area contributed by atoms with Gasteiger partial charge in [0.25, 0.3) is 0 Å². The Morgan fingerprint density at radius 2 is 1.22 bits per heavy atom. The normalized spacial score (nSPS) is 11.9. The molecule has 0 fully saturated rings. The lowest BCUT2D eigenvalue weighted by Crippen LogP contribution is -2.18. The summed E-state index contributed by atoms with van der Waals surface area (Å²) in [5.41, 5.74) is 2.60. The van der Waals surface area contributed by atoms with E-state index in [9.17, 15) is 0 Å². The molecule has 0 bridgehead atoms. The maximum Gasteiger partial charge on any atom is 0.127 e. The molecule has 116 valence electrons. The average Bonchev–Trinajstić information content (AvgIpc) is 2.62. The van der Waals surface area contributed by atoms with E-state index in [1.807, 2.05) is 49.5 Å². The molecular weight excluding hydrogens is 282 g/mol. The summed E-state index contributed by atoms with van der Waals surface area (Å²) in [5.74, 6) is 2.05. The number of nitrogens with one attached hydrogen (secondary N) is 1. The van der Waals surface area contributed by atoms with Crippen LogP contribution in [0.5, 0.6) is 11.5 Å². The molecule has 0 aromatic heterocycles. The predicted molar refractivity (Wildman–Crippen MR) is 95.2 cm³/mol. The van der Waals surface area contributed by atoms with Gasteiger partial charge in [-0.2, -0.15) is 0 Å². The number of para-hydroxylation sites is 1. The summed E-state index contributed by atoms with van der Waals surface area (Å²) in [4.78, 5) is 0. The smallest absolute Gasteiger partial charge is 0.127 e. The van der Waals surface area contributed by atoms with Crippen molar-refractivity contribution in [3.8, 4) is 11.5 Å². The Morgan fingerprint density at radius 1 is 0.696 bits per heavy atom. The average molecular weight is 303 g/mol. The maximum atomic E-state index is 5.86. The summed E-state index contributed by atoms with van der Waals surface area (Å²) in [5, 5.41) is 3.29. The summed E-state index contributed by atoms with van der Waals surface area (Å²) in [6, 6.07) is 28.8. The predicted octanol–water partition coefficient (Wildman–Crippen LogP) is 4.83. The van der Waals surface area contributed by atoms with Crippen LogP contribution in [0.1, 0.15) is 17.0 Å². The summed E-state index contributed by atoms with van der Waals surface area (Å²) in [6.45, 7) is 0.906. The Labute approximate surface area is 137 Å². The Bertz CT molecular complexity index is 708. The fourth-order valence-corrected chi connectivity index (χ4v) is 2.71. The minimum Gasteiger partial charge on any atom is -0.457 e. The van der Waals surface area contributed by atoms with Gasteiger partial charge in [-0.25, -0.2) is 0 Å². The zero-order valence-electron chi connectivity index (χ0n) is 13.3. The largest absolute Gasteiger partial charge is 0.457 e. The van der Waals surface area contributed by atoms with E-state index in [-0.39, 0.29) is 0 Å². The van der Waals surface area contributed by atoms with Gasteiger partial charge in [-0.05, 0) is 42.4 Å². The first kappa shape index (κ1) is 15.3. The second-order valence-corrected chi connectivity index (χ2v) is 5.51. The van der Waals surface area contributed by atoms with Gasteiger partial charge in [0.1, 0.15) is 11.5 Å². The lowest BCUT2D eigenvalue weighted by Gasteiger charge is -2.18. The number of ether oxygens (including phenoxy) is 1. The van der Waals surface area contributed by atoms with Gasteiger partial charge in [-0.15, -0.1) is 0 Å². The highest BCUT2D eigenvalue weighted by Gasteiger charge is 2.13. The number of rotatable bonds is 6. The third kappa shape index (κ3) is 3.99. The van der Waals surface area contributed by atoms with E-state index >= 15 is 0 Å². The first-order chi connectivity index (χ1) is 11.4. The van der Waals surface area contributed by atoms with Crippen LogP contribution in [0.2, 0.25) is 0 Å². The Morgan fingerprint density at radius 3 is 1.83 bits per heavy atom. The number of hydrogen-bond acceptors (Lipinski definition) is 2. The number of benzene rings is 3. The molecule has 0 amide bonds. The molecule has 3 aromatic rings. The fourth-order valence-electron chi connectivity index (χ4n) is 2.71. The zero-order chi connectivity index (χ0) is 15.9. The maximum absolute atomic E-state index is 5.86. The van der Waals surface area contributed by atoms with Crippen molar-refractivity contribution in [2.45, 2.75) is 5.92 Å². The van der Waals surface area contributed by atoms with Crippen LogP contribution in [-0.2, 0) is 0 Å². The topological polar surface area (TPSA) is 21.3 Å². The molecule has 0 aliphatic heterocycles. The molecule has 3 rings (SSSR count). The molecule has 3 aromatic carbocycles. The van der Waals surface area contributed by atoms with Crippen LogP contribution < -0.4 is 10.1 Å². The van der Waals surface area contributed by atoms with Crippen LogP contribution in [0.3, 0.4) is 0 Å². The molecule has 0 saturated carbocycles. The number of likely N-dealkylation sites (N-methyl/N-ethyl adjacent to an activating group) is 1. The van der Waals surface area contributed by atoms with Gasteiger partial charge in [0.05, 0.1) is 0 Å². The van der Waals surface area contributed by atoms with E-state index < -0.39 is 0 Å². The van der Waals surface area contributed by atoms with Crippen LogP contribution in [0.4, 0.5) is 0 Å². The van der Waals surface area contributed by atoms with Gasteiger partial charge in [-0.1, -0.05) is 60.7 Å². The van der Waals surface area contributed by atoms with E-state index in [1.54, 1.807) is 0 Å². The molecule has 0 aliphatic rings. The second-order valence-electron chi connectivity index (χ2n) is 5.51. The van der Waals surface area contributed by atoms with Crippen LogP contribution in [0, 0.1) is 0 Å². The lowest BCUT2D eigenvalue weighted by molar-refractivity contribution is 0.482. The van der Waals surface area contributed by atoms with Crippen LogP contribution in [0.15, 0.2) is 84.9 Å². The second kappa shape index (κ2) is 7.61. The molecule has 0 spiro atoms. The highest BCUT2D eigenvalue weighted by Crippen LogP contribution is 2.27. The van der Waals surface area contributed by atoms with E-state index in [4.69, 9.17) is 4.74 Å². The molecule has 1 unspecified atom stereocenters. The van der Waals surface area contributed by atoms with Crippen molar-refractivity contribution in [1.29, 1.82) is 0 Å². The molecule has 0 heterocycles. The van der Waals surface area contributed by atoms with E-state index in [0.29, 0.717) is 5.92 Å². The molecule has 2 heteroatoms. The molecule has 0 radical (unpaired) electrons. The monoisotopic (exact) mass is 303 g/mol. The van der Waals surface area contributed by atoms with Crippen LogP contribution in [0.25, 0.3) is 0 Å². The van der Waals surface area contributed by atoms with Crippen LogP contribution in [-0.4, -0.2) is 13.6 Å². The standard InChI is InChI=1S/C21H21NO/c1-22-16-21(17-8-4-2-5-9-17)18-12-14-20(15-13-18)23-19-10-6-3-7-11-19/h2-15,21-22H,16H2,1H3. The van der Waals surface area contributed by atoms with Crippen molar-refractivity contribution in [1.82, 2.24) is 5.32 Å². The van der Waals surface area contributed by atoms with Gasteiger partial charge in [-0.3, -0.25) is 0 Å². The summed E-state index contributed by atoms with van der Waals surface area (Å²) in [6.07, 6.45) is 0. The first-order valence-corrected chi connectivity index (χ1v) is 7.89. The lowest BCUT2D eigenvalue weighted by atomic mass is 9.91. The minimum atomic E-state index is 0.340. The van der Waals surface area contributed by atoms with Crippen LogP contribution >= 0.6 is 0 Å². The molecule has 1 atom stereocenters. The Hall–Kier alpha value is -2.58. The van der Waals surface area contributed by atoms with Crippen molar-refractivity contribution in [2.75, 3.05) is 13.6 Å². The molecule has 23 heavy (non-hydrogen) atoms. The molecule has 0 saturated heterocycles. The third-order valence-corrected chi connectivity index (χ3v) is 3.87. The molecule has 0 aliphatic carbocycles. The van der Waals surface area contributed by atoms with E-state index in [0.717, 1.165) is 18.0 Å². The fraction of sp³-hybridized carbons (Fsp3) is 0.143. The summed E-state index contributed by atoms with van der Waals surface area (Å²) < 4.78 is 5.86. The first-order valence-electron chi connectivity index (χ1n) is 7.89. The van der Waals surface area contributed by atoms with Crippen molar-refractivity contribution >= 4 is 0 Å². The molecule has 1 N–H and O–H groups in total. The highest BCUT2D eigenvalue weighted by atomic mass is 16.5. The van der Waals surface area contributed by atoms with Gasteiger partial charge in [0.2, 0.25) is 0 Å². The van der Waals surface area contributed by atoms with Crippen molar-refractivity contribution in [3.05, 3.63) is 96.1 Å². The van der Waals surface area contributed by atoms with Crippen molar-refractivity contribution in [3.63, 3.8) is 0 Å². The quantitative estimate of drug-likeness (QED) is 0.704. The van der Waals surface area contributed by atoms with Crippen molar-refractivity contribution < 1.29 is 4.74 Å². The Balaban J connectivity index is 1.79. The van der Waals surface area contributed by atoms with Gasteiger partial charge in [0.15, 0.2) is 0 Å². The zero-order valence-corrected chi connectivity index (χ0v) is 13.3. The molecular formula is C21H21NO. The summed E-state index contributed by atoms with van der Waals surface area (Å²) >= 11 is 0. The van der Waals surface area contributed by atoms with Gasteiger partial charge >= 0.3 is 0 Å². The summed E-state index contributed by atoms with van der Waals surface area (Å²) in [7, 11) is 1.99. The molecule has 2 nitrogen and oxygen atoms in total. The SMILES string of the molecule is CNCC(c1ccccc1)c1ccc(Oc2ccccc2)cc1. The number of hydrogen-bond donors (Lipinski definition) is 1. The van der Waals surface area contributed by atoms with Crippen molar-refractivity contribution in [2.24, 2.45) is 0 Å². The highest BCUT2D eigenvalue weighted by molar-refractivity contribution is 5.38. The third-order valence-electron chi connectivity index (χ3n) is 3.87.